The third-order valence-electron chi connectivity index (χ3n) is 2.62. The molecule has 0 saturated heterocycles. The number of hydrogen-bond acceptors (Lipinski definition) is 6. The largest absolute Gasteiger partial charge is 0.496 e. The van der Waals surface area contributed by atoms with Crippen LogP contribution in [0, 0.1) is 0 Å². The van der Waals surface area contributed by atoms with Crippen molar-refractivity contribution in [3.63, 3.8) is 0 Å². The monoisotopic (exact) mass is 261 g/mol. The molecular formula is C13H15N3O3. The Morgan fingerprint density at radius 3 is 1.89 bits per heavy atom. The van der Waals surface area contributed by atoms with Crippen LogP contribution in [0.5, 0.6) is 17.2 Å². The molecule has 19 heavy (non-hydrogen) atoms. The van der Waals surface area contributed by atoms with E-state index in [4.69, 9.17) is 19.9 Å². The van der Waals surface area contributed by atoms with Crippen LogP contribution < -0.4 is 19.9 Å². The van der Waals surface area contributed by atoms with Crippen LogP contribution in [-0.2, 0) is 0 Å². The maximum absolute atomic E-state index is 5.58. The van der Waals surface area contributed by atoms with Crippen molar-refractivity contribution in [3.05, 3.63) is 24.5 Å². The number of ether oxygens (including phenoxy) is 3. The molecule has 1 heterocycles. The van der Waals surface area contributed by atoms with Gasteiger partial charge >= 0.3 is 0 Å². The first-order valence-corrected chi connectivity index (χ1v) is 5.57. The second-order valence-corrected chi connectivity index (χ2v) is 3.75. The highest BCUT2D eigenvalue weighted by Crippen LogP contribution is 2.38. The molecule has 1 aromatic carbocycles. The zero-order valence-electron chi connectivity index (χ0n) is 11.0. The van der Waals surface area contributed by atoms with Gasteiger partial charge in [-0.1, -0.05) is 0 Å². The summed E-state index contributed by atoms with van der Waals surface area (Å²) >= 11 is 0. The summed E-state index contributed by atoms with van der Waals surface area (Å²) in [6.45, 7) is 0. The smallest absolute Gasteiger partial charge is 0.164 e. The Balaban J connectivity index is 2.57. The number of hydrogen-bond donors (Lipinski definition) is 1. The van der Waals surface area contributed by atoms with Gasteiger partial charge in [0.2, 0.25) is 0 Å². The van der Waals surface area contributed by atoms with Crippen LogP contribution in [0.1, 0.15) is 0 Å². The van der Waals surface area contributed by atoms with Gasteiger partial charge in [-0.05, 0) is 6.07 Å². The summed E-state index contributed by atoms with van der Waals surface area (Å²) in [6, 6.07) is 3.50. The van der Waals surface area contributed by atoms with Crippen molar-refractivity contribution in [1.29, 1.82) is 0 Å². The van der Waals surface area contributed by atoms with E-state index in [1.165, 1.54) is 0 Å². The lowest BCUT2D eigenvalue weighted by Gasteiger charge is -2.13. The van der Waals surface area contributed by atoms with E-state index in [2.05, 4.69) is 9.97 Å². The lowest BCUT2D eigenvalue weighted by atomic mass is 10.1. The second kappa shape index (κ2) is 5.43. The summed E-state index contributed by atoms with van der Waals surface area (Å²) in [5.41, 5.74) is 6.79. The van der Waals surface area contributed by atoms with Gasteiger partial charge in [-0.15, -0.1) is 0 Å². The molecule has 2 aromatic rings. The van der Waals surface area contributed by atoms with E-state index < -0.39 is 0 Å². The third-order valence-corrected chi connectivity index (χ3v) is 2.62. The molecule has 0 radical (unpaired) electrons. The fourth-order valence-electron chi connectivity index (χ4n) is 1.68. The Bertz CT molecular complexity index is 570. The average Bonchev–Trinajstić information content (AvgIpc) is 2.46. The maximum atomic E-state index is 5.58. The van der Waals surface area contributed by atoms with E-state index in [1.54, 1.807) is 45.9 Å². The number of benzene rings is 1. The van der Waals surface area contributed by atoms with E-state index >= 15 is 0 Å². The van der Waals surface area contributed by atoms with Crippen LogP contribution in [0.15, 0.2) is 24.5 Å². The zero-order chi connectivity index (χ0) is 13.8. The van der Waals surface area contributed by atoms with E-state index in [9.17, 15) is 0 Å². The fraction of sp³-hybridized carbons (Fsp3) is 0.231. The van der Waals surface area contributed by atoms with E-state index in [1.807, 2.05) is 0 Å². The van der Waals surface area contributed by atoms with Crippen molar-refractivity contribution < 1.29 is 14.2 Å². The van der Waals surface area contributed by atoms with Gasteiger partial charge < -0.3 is 19.9 Å². The van der Waals surface area contributed by atoms with Crippen LogP contribution in [0.4, 0.5) is 5.69 Å². The predicted molar refractivity (Wildman–Crippen MR) is 71.5 cm³/mol. The molecule has 2 rings (SSSR count). The predicted octanol–water partition coefficient (Wildman–Crippen LogP) is 1.75. The van der Waals surface area contributed by atoms with Crippen molar-refractivity contribution in [2.75, 3.05) is 27.1 Å². The van der Waals surface area contributed by atoms with Gasteiger partial charge in [-0.25, -0.2) is 9.97 Å². The topological polar surface area (TPSA) is 79.5 Å². The third kappa shape index (κ3) is 2.52. The van der Waals surface area contributed by atoms with Gasteiger partial charge in [0.25, 0.3) is 0 Å². The van der Waals surface area contributed by atoms with Gasteiger partial charge in [0.05, 0.1) is 45.0 Å². The Kier molecular flexibility index (Phi) is 3.70. The van der Waals surface area contributed by atoms with Gasteiger partial charge in [0.1, 0.15) is 5.75 Å². The standard InChI is InChI=1S/C13H15N3O3/c1-17-10-5-12(19-3)11(18-2)4-9(10)13-15-6-8(14)7-16-13/h4-7H,14H2,1-3H3. The van der Waals surface area contributed by atoms with Crippen LogP contribution in [0.2, 0.25) is 0 Å². The number of nitrogens with zero attached hydrogens (tertiary/aromatic N) is 2. The fourth-order valence-corrected chi connectivity index (χ4v) is 1.68. The molecule has 0 spiro atoms. The molecule has 0 amide bonds. The second-order valence-electron chi connectivity index (χ2n) is 3.75. The number of anilines is 1. The molecule has 0 aliphatic heterocycles. The highest BCUT2D eigenvalue weighted by molar-refractivity contribution is 5.69. The summed E-state index contributed by atoms with van der Waals surface area (Å²) in [4.78, 5) is 8.35. The van der Waals surface area contributed by atoms with Gasteiger partial charge in [0, 0.05) is 6.07 Å². The van der Waals surface area contributed by atoms with Crippen LogP contribution in [0.25, 0.3) is 11.4 Å². The molecule has 0 atom stereocenters. The number of methoxy groups -OCH3 is 3. The van der Waals surface area contributed by atoms with Crippen LogP contribution >= 0.6 is 0 Å². The molecule has 0 bridgehead atoms. The molecule has 1 aromatic heterocycles. The number of nitrogens with two attached hydrogens (primary N) is 1. The van der Waals surface area contributed by atoms with E-state index in [0.717, 1.165) is 0 Å². The highest BCUT2D eigenvalue weighted by atomic mass is 16.5. The Labute approximate surface area is 111 Å². The molecule has 6 heteroatoms. The molecule has 2 N–H and O–H groups in total. The Morgan fingerprint density at radius 1 is 0.842 bits per heavy atom. The molecule has 100 valence electrons. The van der Waals surface area contributed by atoms with Gasteiger partial charge in [-0.3, -0.25) is 0 Å². The Morgan fingerprint density at radius 2 is 1.37 bits per heavy atom. The summed E-state index contributed by atoms with van der Waals surface area (Å²) in [5.74, 6) is 2.27. The normalized spacial score (nSPS) is 10.1. The molecule has 0 saturated carbocycles. The van der Waals surface area contributed by atoms with Crippen molar-refractivity contribution in [3.8, 4) is 28.6 Å². The van der Waals surface area contributed by atoms with Crippen LogP contribution in [-0.4, -0.2) is 31.3 Å². The highest BCUT2D eigenvalue weighted by Gasteiger charge is 2.15. The molecular weight excluding hydrogens is 246 g/mol. The molecule has 0 aliphatic rings. The van der Waals surface area contributed by atoms with Gasteiger partial charge in [-0.2, -0.15) is 0 Å². The summed E-state index contributed by atoms with van der Waals surface area (Å²) in [6.07, 6.45) is 3.08. The lowest BCUT2D eigenvalue weighted by molar-refractivity contribution is 0.349. The summed E-state index contributed by atoms with van der Waals surface area (Å²) < 4.78 is 15.8. The number of nitrogen functional groups attached to an aromatic ring is 1. The first-order valence-electron chi connectivity index (χ1n) is 5.57. The minimum atomic E-state index is 0.503. The summed E-state index contributed by atoms with van der Waals surface area (Å²) in [7, 11) is 4.71. The number of aromatic nitrogens is 2. The average molecular weight is 261 g/mol. The Hall–Kier alpha value is -2.50. The first kappa shape index (κ1) is 12.9. The minimum absolute atomic E-state index is 0.503. The molecule has 0 unspecified atom stereocenters. The molecule has 0 fully saturated rings. The van der Waals surface area contributed by atoms with Crippen molar-refractivity contribution >= 4 is 5.69 Å². The van der Waals surface area contributed by atoms with Crippen LogP contribution in [0.3, 0.4) is 0 Å². The number of rotatable bonds is 4. The minimum Gasteiger partial charge on any atom is -0.496 e. The lowest BCUT2D eigenvalue weighted by Crippen LogP contribution is -1.98. The van der Waals surface area contributed by atoms with Crippen molar-refractivity contribution in [2.45, 2.75) is 0 Å². The maximum Gasteiger partial charge on any atom is 0.164 e. The van der Waals surface area contributed by atoms with E-state index in [-0.39, 0.29) is 0 Å². The quantitative estimate of drug-likeness (QED) is 0.903. The van der Waals surface area contributed by atoms with Crippen molar-refractivity contribution in [1.82, 2.24) is 9.97 Å². The molecule has 0 aliphatic carbocycles. The van der Waals surface area contributed by atoms with Crippen molar-refractivity contribution in [2.24, 2.45) is 0 Å². The molecule has 6 nitrogen and oxygen atoms in total. The summed E-state index contributed by atoms with van der Waals surface area (Å²) in [5, 5.41) is 0. The first-order chi connectivity index (χ1) is 9.19. The van der Waals surface area contributed by atoms with E-state index in [0.29, 0.717) is 34.3 Å². The SMILES string of the molecule is COc1cc(OC)c(-c2ncc(N)cn2)cc1OC. The van der Waals surface area contributed by atoms with Gasteiger partial charge in [0.15, 0.2) is 17.3 Å². The zero-order valence-corrected chi connectivity index (χ0v) is 11.0.